The highest BCUT2D eigenvalue weighted by Crippen LogP contribution is 2.36. The van der Waals surface area contributed by atoms with E-state index in [0.29, 0.717) is 6.61 Å². The Morgan fingerprint density at radius 2 is 2.33 bits per heavy atom. The minimum atomic E-state index is 0.101. The van der Waals surface area contributed by atoms with Gasteiger partial charge in [0.05, 0.1) is 6.61 Å². The predicted octanol–water partition coefficient (Wildman–Crippen LogP) is 2.77. The number of anilines is 1. The van der Waals surface area contributed by atoms with Crippen molar-refractivity contribution in [2.45, 2.75) is 39.5 Å². The van der Waals surface area contributed by atoms with Gasteiger partial charge < -0.3 is 10.0 Å². The van der Waals surface area contributed by atoms with Gasteiger partial charge in [0, 0.05) is 36.1 Å². The summed E-state index contributed by atoms with van der Waals surface area (Å²) in [6, 6.07) is 4.21. The third-order valence-electron chi connectivity index (χ3n) is 4.02. The zero-order chi connectivity index (χ0) is 13.0. The van der Waals surface area contributed by atoms with Gasteiger partial charge in [-0.1, -0.05) is 13.3 Å². The first-order valence-corrected chi connectivity index (χ1v) is 6.97. The quantitative estimate of drug-likeness (QED) is 0.890. The summed E-state index contributed by atoms with van der Waals surface area (Å²) in [6.45, 7) is 6.60. The van der Waals surface area contributed by atoms with Crippen LogP contribution in [-0.2, 0) is 0 Å². The highest BCUT2D eigenvalue weighted by molar-refractivity contribution is 5.47. The van der Waals surface area contributed by atoms with E-state index in [1.807, 2.05) is 13.1 Å². The molecule has 1 aromatic heterocycles. The largest absolute Gasteiger partial charge is 0.396 e. The molecule has 2 rings (SSSR count). The van der Waals surface area contributed by atoms with E-state index < -0.39 is 0 Å². The lowest BCUT2D eigenvalue weighted by molar-refractivity contribution is 0.0954. The second-order valence-electron chi connectivity index (χ2n) is 5.59. The van der Waals surface area contributed by atoms with Crippen molar-refractivity contribution >= 4 is 5.69 Å². The molecule has 0 unspecified atom stereocenters. The Kier molecular flexibility index (Phi) is 4.23. The molecule has 3 heteroatoms. The maximum absolute atomic E-state index is 9.75. The van der Waals surface area contributed by atoms with Crippen LogP contribution in [0.15, 0.2) is 18.3 Å². The van der Waals surface area contributed by atoms with Crippen molar-refractivity contribution in [1.29, 1.82) is 0 Å². The molecule has 0 amide bonds. The number of rotatable bonds is 4. The fourth-order valence-electron chi connectivity index (χ4n) is 3.10. The molecule has 0 aliphatic carbocycles. The molecule has 1 saturated heterocycles. The fourth-order valence-corrected chi connectivity index (χ4v) is 3.10. The van der Waals surface area contributed by atoms with Crippen molar-refractivity contribution in [3.8, 4) is 0 Å². The highest BCUT2D eigenvalue weighted by atomic mass is 16.3. The monoisotopic (exact) mass is 248 g/mol. The lowest BCUT2D eigenvalue weighted by atomic mass is 9.77. The lowest BCUT2D eigenvalue weighted by Crippen LogP contribution is -2.45. The molecule has 1 fully saturated rings. The zero-order valence-corrected chi connectivity index (χ0v) is 11.5. The van der Waals surface area contributed by atoms with E-state index in [0.717, 1.165) is 38.0 Å². The lowest BCUT2D eigenvalue weighted by Gasteiger charge is -2.43. The standard InChI is InChI=1S/C15H24N2O/c1-3-6-15(12-18)7-4-9-17(11-15)14-5-8-16-13(2)10-14/h5,8,10,18H,3-4,6-7,9,11-12H2,1-2H3/t15-/m1/s1. The molecule has 1 N–H and O–H groups in total. The van der Waals surface area contributed by atoms with Crippen LogP contribution in [0, 0.1) is 12.3 Å². The highest BCUT2D eigenvalue weighted by Gasteiger charge is 2.34. The fraction of sp³-hybridized carbons (Fsp3) is 0.667. The summed E-state index contributed by atoms with van der Waals surface area (Å²) in [4.78, 5) is 6.66. The van der Waals surface area contributed by atoms with E-state index >= 15 is 0 Å². The van der Waals surface area contributed by atoms with Gasteiger partial charge in [-0.15, -0.1) is 0 Å². The van der Waals surface area contributed by atoms with Crippen molar-refractivity contribution in [2.24, 2.45) is 5.41 Å². The number of pyridine rings is 1. The number of nitrogens with zero attached hydrogens (tertiary/aromatic N) is 2. The molecule has 0 aromatic carbocycles. The first-order valence-electron chi connectivity index (χ1n) is 6.97. The van der Waals surface area contributed by atoms with Crippen LogP contribution in [0.1, 0.15) is 38.3 Å². The van der Waals surface area contributed by atoms with E-state index in [2.05, 4.69) is 28.9 Å². The molecular formula is C15H24N2O. The Balaban J connectivity index is 2.15. The zero-order valence-electron chi connectivity index (χ0n) is 11.5. The number of hydrogen-bond donors (Lipinski definition) is 1. The molecule has 18 heavy (non-hydrogen) atoms. The summed E-state index contributed by atoms with van der Waals surface area (Å²) in [6.07, 6.45) is 6.45. The first-order chi connectivity index (χ1) is 8.69. The summed E-state index contributed by atoms with van der Waals surface area (Å²) in [5.41, 5.74) is 2.41. The molecule has 1 aliphatic heterocycles. The average Bonchev–Trinajstić information content (AvgIpc) is 2.39. The van der Waals surface area contributed by atoms with Crippen LogP contribution in [0.3, 0.4) is 0 Å². The van der Waals surface area contributed by atoms with Crippen molar-refractivity contribution in [2.75, 3.05) is 24.6 Å². The van der Waals surface area contributed by atoms with Crippen molar-refractivity contribution in [1.82, 2.24) is 4.98 Å². The summed E-state index contributed by atoms with van der Waals surface area (Å²) in [5.74, 6) is 0. The van der Waals surface area contributed by atoms with Gasteiger partial charge in [0.1, 0.15) is 0 Å². The minimum absolute atomic E-state index is 0.101. The second kappa shape index (κ2) is 5.70. The minimum Gasteiger partial charge on any atom is -0.396 e. The molecule has 0 radical (unpaired) electrons. The van der Waals surface area contributed by atoms with Gasteiger partial charge >= 0.3 is 0 Å². The molecule has 1 aliphatic rings. The van der Waals surface area contributed by atoms with Crippen LogP contribution in [0.4, 0.5) is 5.69 Å². The van der Waals surface area contributed by atoms with Gasteiger partial charge in [-0.3, -0.25) is 4.98 Å². The maximum Gasteiger partial charge on any atom is 0.0504 e. The Labute approximate surface area is 110 Å². The van der Waals surface area contributed by atoms with Gasteiger partial charge in [-0.2, -0.15) is 0 Å². The van der Waals surface area contributed by atoms with Crippen LogP contribution >= 0.6 is 0 Å². The van der Waals surface area contributed by atoms with E-state index in [-0.39, 0.29) is 5.41 Å². The topological polar surface area (TPSA) is 36.4 Å². The van der Waals surface area contributed by atoms with Gasteiger partial charge in [0.15, 0.2) is 0 Å². The molecule has 0 bridgehead atoms. The number of aryl methyl sites for hydroxylation is 1. The van der Waals surface area contributed by atoms with E-state index in [1.165, 1.54) is 12.1 Å². The Bertz CT molecular complexity index is 390. The molecule has 100 valence electrons. The molecule has 3 nitrogen and oxygen atoms in total. The number of hydrogen-bond acceptors (Lipinski definition) is 3. The van der Waals surface area contributed by atoms with Gasteiger partial charge in [0.2, 0.25) is 0 Å². The van der Waals surface area contributed by atoms with Crippen molar-refractivity contribution in [3.05, 3.63) is 24.0 Å². The Morgan fingerprint density at radius 3 is 3.00 bits per heavy atom. The molecule has 0 spiro atoms. The molecule has 1 aromatic rings. The summed E-state index contributed by atoms with van der Waals surface area (Å²) in [5, 5.41) is 9.75. The smallest absolute Gasteiger partial charge is 0.0504 e. The maximum atomic E-state index is 9.75. The van der Waals surface area contributed by atoms with Crippen molar-refractivity contribution in [3.63, 3.8) is 0 Å². The van der Waals surface area contributed by atoms with Crippen LogP contribution in [0.5, 0.6) is 0 Å². The van der Waals surface area contributed by atoms with Gasteiger partial charge in [-0.05, 0) is 38.3 Å². The van der Waals surface area contributed by atoms with E-state index in [9.17, 15) is 5.11 Å². The SMILES string of the molecule is CCC[C@@]1(CO)CCCN(c2ccnc(C)c2)C1. The van der Waals surface area contributed by atoms with Crippen LogP contribution in [-0.4, -0.2) is 29.8 Å². The average molecular weight is 248 g/mol. The Morgan fingerprint density at radius 1 is 1.50 bits per heavy atom. The second-order valence-corrected chi connectivity index (χ2v) is 5.59. The molecule has 1 atom stereocenters. The third kappa shape index (κ3) is 2.83. The van der Waals surface area contributed by atoms with Crippen LogP contribution < -0.4 is 4.90 Å². The molecule has 0 saturated carbocycles. The third-order valence-corrected chi connectivity index (χ3v) is 4.02. The Hall–Kier alpha value is -1.09. The first kappa shape index (κ1) is 13.3. The normalized spacial score (nSPS) is 24.3. The van der Waals surface area contributed by atoms with Crippen LogP contribution in [0.2, 0.25) is 0 Å². The van der Waals surface area contributed by atoms with Crippen molar-refractivity contribution < 1.29 is 5.11 Å². The number of aliphatic hydroxyl groups is 1. The van der Waals surface area contributed by atoms with E-state index in [1.54, 1.807) is 0 Å². The van der Waals surface area contributed by atoms with E-state index in [4.69, 9.17) is 0 Å². The predicted molar refractivity (Wildman–Crippen MR) is 74.8 cm³/mol. The number of aromatic nitrogens is 1. The summed E-state index contributed by atoms with van der Waals surface area (Å²) in [7, 11) is 0. The number of piperidine rings is 1. The summed E-state index contributed by atoms with van der Waals surface area (Å²) >= 11 is 0. The molecule has 2 heterocycles. The summed E-state index contributed by atoms with van der Waals surface area (Å²) < 4.78 is 0. The van der Waals surface area contributed by atoms with Crippen LogP contribution in [0.25, 0.3) is 0 Å². The molecular weight excluding hydrogens is 224 g/mol. The number of aliphatic hydroxyl groups excluding tert-OH is 1. The van der Waals surface area contributed by atoms with Gasteiger partial charge in [-0.25, -0.2) is 0 Å². The van der Waals surface area contributed by atoms with Gasteiger partial charge in [0.25, 0.3) is 0 Å².